The van der Waals surface area contributed by atoms with E-state index in [-0.39, 0.29) is 19.4 Å². The number of nitrogens with one attached hydrogen (secondary N) is 1. The molecule has 2 unspecified atom stereocenters. The highest BCUT2D eigenvalue weighted by Gasteiger charge is 2.34. The molecule has 0 fully saturated rings. The number of aliphatic hydroxyl groups is 1. The number of methoxy groups -OCH3 is 1. The molecular formula is C36H43F3N4O6. The van der Waals surface area contributed by atoms with E-state index in [1.54, 1.807) is 82.4 Å². The van der Waals surface area contributed by atoms with Gasteiger partial charge in [0.1, 0.15) is 18.2 Å². The number of ether oxygens (including phenoxy) is 2. The van der Waals surface area contributed by atoms with E-state index in [1.165, 1.54) is 11.7 Å². The molecule has 49 heavy (non-hydrogen) atoms. The second-order valence-electron chi connectivity index (χ2n) is 13.8. The first-order valence-corrected chi connectivity index (χ1v) is 15.8. The second kappa shape index (κ2) is 14.6. The molecule has 0 saturated heterocycles. The van der Waals surface area contributed by atoms with Crippen LogP contribution in [-0.4, -0.2) is 68.3 Å². The predicted octanol–water partition coefficient (Wildman–Crippen LogP) is 7.12. The van der Waals surface area contributed by atoms with Crippen molar-refractivity contribution in [3.63, 3.8) is 0 Å². The molecule has 4 rings (SSSR count). The Morgan fingerprint density at radius 1 is 1.04 bits per heavy atom. The van der Waals surface area contributed by atoms with Gasteiger partial charge in [-0.3, -0.25) is 9.97 Å². The van der Waals surface area contributed by atoms with Gasteiger partial charge in [-0.05, 0) is 81.5 Å². The van der Waals surface area contributed by atoms with Crippen molar-refractivity contribution in [1.29, 1.82) is 0 Å². The predicted molar refractivity (Wildman–Crippen MR) is 179 cm³/mol. The third-order valence-electron chi connectivity index (χ3n) is 7.93. The Balaban J connectivity index is 1.89. The van der Waals surface area contributed by atoms with E-state index < -0.39 is 47.9 Å². The number of hydrogen-bond acceptors (Lipinski definition) is 7. The molecule has 0 spiro atoms. The highest BCUT2D eigenvalue weighted by atomic mass is 19.4. The van der Waals surface area contributed by atoms with E-state index in [2.05, 4.69) is 15.3 Å². The van der Waals surface area contributed by atoms with Crippen LogP contribution in [-0.2, 0) is 33.7 Å². The summed E-state index contributed by atoms with van der Waals surface area (Å²) in [6, 6.07) is 12.2. The summed E-state index contributed by atoms with van der Waals surface area (Å²) in [7, 11) is 1.50. The number of nitrogens with zero attached hydrogens (tertiary/aromatic N) is 3. The number of aromatic nitrogens is 3. The van der Waals surface area contributed by atoms with Crippen molar-refractivity contribution in [3.8, 4) is 22.5 Å². The maximum Gasteiger partial charge on any atom is 0.408 e. The molecule has 3 heterocycles. The molecule has 3 aromatic heterocycles. The van der Waals surface area contributed by atoms with Gasteiger partial charge in [-0.15, -0.1) is 0 Å². The number of carbonyl (C=O) groups is 2. The molecule has 4 aromatic rings. The number of carboxylic acid groups (broad SMARTS) is 1. The minimum atomic E-state index is -4.55. The van der Waals surface area contributed by atoms with Gasteiger partial charge in [0.2, 0.25) is 0 Å². The van der Waals surface area contributed by atoms with Gasteiger partial charge in [0.05, 0.1) is 23.2 Å². The summed E-state index contributed by atoms with van der Waals surface area (Å²) in [6.07, 6.45) is -4.29. The van der Waals surface area contributed by atoms with E-state index in [4.69, 9.17) is 9.47 Å². The van der Waals surface area contributed by atoms with Crippen LogP contribution in [0.5, 0.6) is 0 Å². The SMILES string of the molecule is COC(C)c1ncccc1-c1c(CC(C)(C)CO)c2cc(-c3cccc(CC(NC(=O)OC(C)(C)C)C(=O)O)n3)ccc2n1CC(F)(F)F. The summed E-state index contributed by atoms with van der Waals surface area (Å²) >= 11 is 0. The fraction of sp³-hybridized carbons (Fsp3) is 0.444. The number of aliphatic hydroxyl groups excluding tert-OH is 1. The standard InChI is InChI=1S/C36H43F3N4O6/c1-21(48-7)30-24(11-9-15-40-30)31-26(18-35(5,6)20-44)25-16-22(13-14-29(25)43(31)19-36(37,38)39)27-12-8-10-23(41-27)17-28(32(45)46)42-33(47)49-34(2,3)4/h8-16,21,28,44H,17-20H2,1-7H3,(H,42,47)(H,45,46). The van der Waals surface area contributed by atoms with Crippen LogP contribution in [0.15, 0.2) is 54.7 Å². The summed E-state index contributed by atoms with van der Waals surface area (Å²) in [6.45, 7) is 8.97. The lowest BCUT2D eigenvalue weighted by atomic mass is 9.84. The zero-order valence-corrected chi connectivity index (χ0v) is 28.7. The number of halogens is 3. The first-order valence-electron chi connectivity index (χ1n) is 15.8. The van der Waals surface area contributed by atoms with Gasteiger partial charge in [0.15, 0.2) is 0 Å². The summed E-state index contributed by atoms with van der Waals surface area (Å²) < 4.78 is 54.7. The van der Waals surface area contributed by atoms with Crippen LogP contribution < -0.4 is 5.32 Å². The molecule has 0 bridgehead atoms. The van der Waals surface area contributed by atoms with Crippen molar-refractivity contribution in [2.45, 2.75) is 84.9 Å². The molecule has 0 saturated carbocycles. The van der Waals surface area contributed by atoms with Crippen LogP contribution in [0.1, 0.15) is 64.6 Å². The van der Waals surface area contributed by atoms with Crippen molar-refractivity contribution < 1.29 is 42.4 Å². The number of carbonyl (C=O) groups excluding carboxylic acids is 1. The van der Waals surface area contributed by atoms with Crippen LogP contribution in [0.3, 0.4) is 0 Å². The van der Waals surface area contributed by atoms with E-state index in [0.29, 0.717) is 50.4 Å². The topological polar surface area (TPSA) is 136 Å². The minimum absolute atomic E-state index is 0.145. The lowest BCUT2D eigenvalue weighted by molar-refractivity contribution is -0.140. The van der Waals surface area contributed by atoms with Crippen molar-refractivity contribution in [1.82, 2.24) is 19.9 Å². The number of carboxylic acids is 1. The van der Waals surface area contributed by atoms with E-state index >= 15 is 0 Å². The van der Waals surface area contributed by atoms with Gasteiger partial charge >= 0.3 is 18.2 Å². The maximum atomic E-state index is 14.2. The Kier molecular flexibility index (Phi) is 11.1. The van der Waals surface area contributed by atoms with Crippen LogP contribution >= 0.6 is 0 Å². The molecule has 264 valence electrons. The van der Waals surface area contributed by atoms with Gasteiger partial charge in [-0.1, -0.05) is 26.0 Å². The first kappa shape index (κ1) is 37.3. The number of hydrogen-bond donors (Lipinski definition) is 3. The molecule has 1 aromatic carbocycles. The van der Waals surface area contributed by atoms with Crippen molar-refractivity contribution in [2.24, 2.45) is 5.41 Å². The molecule has 13 heteroatoms. The Labute approximate surface area is 283 Å². The molecule has 0 aliphatic rings. The van der Waals surface area contributed by atoms with Crippen LogP contribution in [0.4, 0.5) is 18.0 Å². The third kappa shape index (κ3) is 9.36. The molecular weight excluding hydrogens is 641 g/mol. The quantitative estimate of drug-likeness (QED) is 0.144. The summed E-state index contributed by atoms with van der Waals surface area (Å²) in [5, 5.41) is 22.9. The number of rotatable bonds is 12. The van der Waals surface area contributed by atoms with Gasteiger partial charge in [-0.2, -0.15) is 13.2 Å². The van der Waals surface area contributed by atoms with Gasteiger partial charge in [-0.25, -0.2) is 9.59 Å². The fourth-order valence-corrected chi connectivity index (χ4v) is 5.61. The first-order chi connectivity index (χ1) is 22.8. The van der Waals surface area contributed by atoms with E-state index in [0.717, 1.165) is 0 Å². The second-order valence-corrected chi connectivity index (χ2v) is 13.8. The highest BCUT2D eigenvalue weighted by Crippen LogP contribution is 2.42. The summed E-state index contributed by atoms with van der Waals surface area (Å²) in [4.78, 5) is 33.5. The van der Waals surface area contributed by atoms with Crippen molar-refractivity contribution >= 4 is 23.0 Å². The number of benzene rings is 1. The van der Waals surface area contributed by atoms with Crippen LogP contribution in [0.25, 0.3) is 33.4 Å². The average Bonchev–Trinajstić information content (AvgIpc) is 3.29. The van der Waals surface area contributed by atoms with Gasteiger partial charge in [0.25, 0.3) is 0 Å². The summed E-state index contributed by atoms with van der Waals surface area (Å²) in [5.41, 5.74) is 2.11. The molecule has 2 atom stereocenters. The Bertz CT molecular complexity index is 1810. The molecule has 3 N–H and O–H groups in total. The van der Waals surface area contributed by atoms with Gasteiger partial charge < -0.3 is 29.6 Å². The fourth-order valence-electron chi connectivity index (χ4n) is 5.61. The smallest absolute Gasteiger partial charge is 0.408 e. The molecule has 0 radical (unpaired) electrons. The largest absolute Gasteiger partial charge is 0.480 e. The highest BCUT2D eigenvalue weighted by molar-refractivity contribution is 5.95. The minimum Gasteiger partial charge on any atom is -0.480 e. The zero-order valence-electron chi connectivity index (χ0n) is 28.7. The Hall–Kier alpha value is -4.49. The van der Waals surface area contributed by atoms with Gasteiger partial charge in [0, 0.05) is 54.1 Å². The normalized spacial score (nSPS) is 13.7. The van der Waals surface area contributed by atoms with Crippen molar-refractivity contribution in [2.75, 3.05) is 13.7 Å². The van der Waals surface area contributed by atoms with Crippen LogP contribution in [0.2, 0.25) is 0 Å². The van der Waals surface area contributed by atoms with E-state index in [1.807, 2.05) is 13.8 Å². The Morgan fingerprint density at radius 3 is 2.37 bits per heavy atom. The Morgan fingerprint density at radius 2 is 1.76 bits per heavy atom. The zero-order chi connectivity index (χ0) is 36.3. The maximum absolute atomic E-state index is 14.2. The molecule has 1 amide bonds. The average molecular weight is 685 g/mol. The molecule has 0 aliphatic heterocycles. The lowest BCUT2D eigenvalue weighted by Crippen LogP contribution is -2.44. The molecule has 0 aliphatic carbocycles. The van der Waals surface area contributed by atoms with E-state index in [9.17, 15) is 33.0 Å². The number of alkyl carbamates (subject to hydrolysis) is 1. The summed E-state index contributed by atoms with van der Waals surface area (Å²) in [5.74, 6) is -1.27. The number of alkyl halides is 3. The van der Waals surface area contributed by atoms with Crippen molar-refractivity contribution in [3.05, 3.63) is 71.7 Å². The number of amides is 1. The molecule has 10 nitrogen and oxygen atoms in total. The lowest BCUT2D eigenvalue weighted by Gasteiger charge is -2.24. The third-order valence-corrected chi connectivity index (χ3v) is 7.93. The number of aliphatic carboxylic acids is 1. The number of pyridine rings is 2. The number of fused-ring (bicyclic) bond motifs is 1. The monoisotopic (exact) mass is 684 g/mol. The van der Waals surface area contributed by atoms with Crippen LogP contribution in [0, 0.1) is 5.41 Å².